The van der Waals surface area contributed by atoms with E-state index in [4.69, 9.17) is 0 Å². The zero-order chi connectivity index (χ0) is 34.0. The number of hydrogen-bond acceptors (Lipinski definition) is 0. The molecule has 6 rings (SSSR count). The molecule has 0 atom stereocenters. The molecule has 0 saturated heterocycles. The number of benzene rings is 6. The topological polar surface area (TPSA) is 0 Å². The molecule has 0 saturated carbocycles. The van der Waals surface area contributed by atoms with E-state index in [2.05, 4.69) is 161 Å². The SMILES string of the molecule is Cc1cc(CCCCCCCCCc2cc(C)c(-c3ccc(-c4ccccc4)cc3)c(C)c2)cc(C)c1-c1ccc(-c2ccccc2)cc1. The highest BCUT2D eigenvalue weighted by Gasteiger charge is 2.10. The lowest BCUT2D eigenvalue weighted by Crippen LogP contribution is -1.94. The second-order valence-corrected chi connectivity index (χ2v) is 14.1. The standard InChI is InChI=1S/C49H52/c1-36-32-40(33-37(2)48(36)46-28-24-44(25-29-46)42-20-14-10-15-21-42)18-12-8-6-5-7-9-13-19-41-34-38(3)49(39(4)35-41)47-30-26-45(27-31-47)43-22-16-11-17-23-43/h10-11,14-17,20-35H,5-9,12-13,18-19H2,1-4H3. The molecule has 0 unspecified atom stereocenters. The van der Waals surface area contributed by atoms with Gasteiger partial charge in [-0.1, -0.05) is 166 Å². The Morgan fingerprint density at radius 3 is 0.878 bits per heavy atom. The van der Waals surface area contributed by atoms with E-state index in [1.54, 1.807) is 0 Å². The molecule has 0 fully saturated rings. The van der Waals surface area contributed by atoms with Crippen LogP contribution in [0.25, 0.3) is 44.5 Å². The van der Waals surface area contributed by atoms with Gasteiger partial charge in [-0.05, 0) is 131 Å². The van der Waals surface area contributed by atoms with Crippen LogP contribution in [0, 0.1) is 27.7 Å². The molecule has 0 amide bonds. The quantitative estimate of drug-likeness (QED) is 0.104. The summed E-state index contributed by atoms with van der Waals surface area (Å²) in [6.45, 7) is 9.11. The van der Waals surface area contributed by atoms with E-state index in [9.17, 15) is 0 Å². The summed E-state index contributed by atoms with van der Waals surface area (Å²) in [7, 11) is 0. The Bertz CT molecular complexity index is 1740. The third-order valence-electron chi connectivity index (χ3n) is 10.2. The number of hydrogen-bond donors (Lipinski definition) is 0. The van der Waals surface area contributed by atoms with Crippen molar-refractivity contribution >= 4 is 0 Å². The van der Waals surface area contributed by atoms with Crippen LogP contribution in [0.1, 0.15) is 78.3 Å². The smallest absolute Gasteiger partial charge is 0.0125 e. The summed E-state index contributed by atoms with van der Waals surface area (Å²) in [6, 6.07) is 49.1. The lowest BCUT2D eigenvalue weighted by atomic mass is 9.91. The summed E-state index contributed by atoms with van der Waals surface area (Å²) in [6.07, 6.45) is 11.6. The average molecular weight is 641 g/mol. The molecular formula is C49H52. The Morgan fingerprint density at radius 2 is 0.551 bits per heavy atom. The molecule has 0 aliphatic rings. The normalized spacial score (nSPS) is 11.2. The fourth-order valence-corrected chi connectivity index (χ4v) is 7.77. The Balaban J connectivity index is 0.904. The van der Waals surface area contributed by atoms with E-state index >= 15 is 0 Å². The van der Waals surface area contributed by atoms with Crippen molar-refractivity contribution in [2.75, 3.05) is 0 Å². The first-order valence-electron chi connectivity index (χ1n) is 18.5. The van der Waals surface area contributed by atoms with Gasteiger partial charge in [-0.25, -0.2) is 0 Å². The Kier molecular flexibility index (Phi) is 11.6. The van der Waals surface area contributed by atoms with Crippen LogP contribution in [0.3, 0.4) is 0 Å². The van der Waals surface area contributed by atoms with Crippen LogP contribution in [-0.2, 0) is 12.8 Å². The number of unbranched alkanes of at least 4 members (excludes halogenated alkanes) is 6. The minimum absolute atomic E-state index is 1.18. The maximum absolute atomic E-state index is 2.42. The fourth-order valence-electron chi connectivity index (χ4n) is 7.77. The average Bonchev–Trinajstić information content (AvgIpc) is 3.12. The van der Waals surface area contributed by atoms with Gasteiger partial charge in [0.05, 0.1) is 0 Å². The summed E-state index contributed by atoms with van der Waals surface area (Å²) in [5.74, 6) is 0. The van der Waals surface area contributed by atoms with Crippen LogP contribution >= 0.6 is 0 Å². The molecule has 0 nitrogen and oxygen atoms in total. The molecule has 0 heterocycles. The molecule has 0 N–H and O–H groups in total. The Morgan fingerprint density at radius 1 is 0.286 bits per heavy atom. The molecule has 0 radical (unpaired) electrons. The molecule has 0 bridgehead atoms. The van der Waals surface area contributed by atoms with Crippen LogP contribution in [0.15, 0.2) is 133 Å². The molecular weight excluding hydrogens is 589 g/mol. The lowest BCUT2D eigenvalue weighted by molar-refractivity contribution is 0.579. The minimum atomic E-state index is 1.18. The van der Waals surface area contributed by atoms with Crippen molar-refractivity contribution in [1.82, 2.24) is 0 Å². The first-order valence-corrected chi connectivity index (χ1v) is 18.5. The summed E-state index contributed by atoms with van der Waals surface area (Å²) in [4.78, 5) is 0. The largest absolute Gasteiger partial charge is 0.0622 e. The van der Waals surface area contributed by atoms with Gasteiger partial charge in [0.2, 0.25) is 0 Å². The summed E-state index contributed by atoms with van der Waals surface area (Å²) in [5, 5.41) is 0. The third kappa shape index (κ3) is 8.87. The first-order chi connectivity index (χ1) is 24.0. The molecule has 0 heteroatoms. The van der Waals surface area contributed by atoms with Crippen LogP contribution in [0.5, 0.6) is 0 Å². The molecule has 6 aromatic carbocycles. The van der Waals surface area contributed by atoms with Gasteiger partial charge in [-0.3, -0.25) is 0 Å². The van der Waals surface area contributed by atoms with E-state index < -0.39 is 0 Å². The van der Waals surface area contributed by atoms with Gasteiger partial charge >= 0.3 is 0 Å². The predicted molar refractivity (Wildman–Crippen MR) is 213 cm³/mol. The summed E-state index contributed by atoms with van der Waals surface area (Å²) in [5.41, 5.74) is 19.0. The maximum Gasteiger partial charge on any atom is -0.0125 e. The molecule has 248 valence electrons. The Hall–Kier alpha value is -4.68. The van der Waals surface area contributed by atoms with Crippen molar-refractivity contribution in [1.29, 1.82) is 0 Å². The predicted octanol–water partition coefficient (Wildman–Crippen LogP) is 14.1. The highest BCUT2D eigenvalue weighted by molar-refractivity contribution is 5.76. The van der Waals surface area contributed by atoms with Crippen molar-refractivity contribution in [3.63, 3.8) is 0 Å². The van der Waals surface area contributed by atoms with Gasteiger partial charge < -0.3 is 0 Å². The summed E-state index contributed by atoms with van der Waals surface area (Å²) >= 11 is 0. The monoisotopic (exact) mass is 640 g/mol. The molecule has 0 aliphatic heterocycles. The van der Waals surface area contributed by atoms with Crippen molar-refractivity contribution in [3.05, 3.63) is 167 Å². The van der Waals surface area contributed by atoms with Crippen LogP contribution in [0.4, 0.5) is 0 Å². The second kappa shape index (κ2) is 16.6. The van der Waals surface area contributed by atoms with Crippen LogP contribution in [0.2, 0.25) is 0 Å². The van der Waals surface area contributed by atoms with E-state index in [0.717, 1.165) is 0 Å². The van der Waals surface area contributed by atoms with Gasteiger partial charge in [0, 0.05) is 0 Å². The van der Waals surface area contributed by atoms with Gasteiger partial charge in [0.1, 0.15) is 0 Å². The van der Waals surface area contributed by atoms with Crippen molar-refractivity contribution in [3.8, 4) is 44.5 Å². The van der Waals surface area contributed by atoms with Gasteiger partial charge in [-0.2, -0.15) is 0 Å². The van der Waals surface area contributed by atoms with Gasteiger partial charge in [0.25, 0.3) is 0 Å². The number of aryl methyl sites for hydroxylation is 6. The van der Waals surface area contributed by atoms with Crippen LogP contribution in [-0.4, -0.2) is 0 Å². The number of rotatable bonds is 14. The zero-order valence-electron chi connectivity index (χ0n) is 30.1. The highest BCUT2D eigenvalue weighted by atomic mass is 14.2. The van der Waals surface area contributed by atoms with Gasteiger partial charge in [0.15, 0.2) is 0 Å². The van der Waals surface area contributed by atoms with Crippen molar-refractivity contribution in [2.24, 2.45) is 0 Å². The third-order valence-corrected chi connectivity index (χ3v) is 10.2. The summed E-state index contributed by atoms with van der Waals surface area (Å²) < 4.78 is 0. The zero-order valence-corrected chi connectivity index (χ0v) is 30.1. The van der Waals surface area contributed by atoms with E-state index in [0.29, 0.717) is 0 Å². The molecule has 0 aliphatic carbocycles. The second-order valence-electron chi connectivity index (χ2n) is 14.1. The molecule has 0 spiro atoms. The molecule has 6 aromatic rings. The highest BCUT2D eigenvalue weighted by Crippen LogP contribution is 2.33. The van der Waals surface area contributed by atoms with E-state index in [1.807, 2.05) is 0 Å². The van der Waals surface area contributed by atoms with E-state index in [1.165, 1.54) is 136 Å². The minimum Gasteiger partial charge on any atom is -0.0622 e. The van der Waals surface area contributed by atoms with Crippen LogP contribution < -0.4 is 0 Å². The molecule has 0 aromatic heterocycles. The van der Waals surface area contributed by atoms with E-state index in [-0.39, 0.29) is 0 Å². The van der Waals surface area contributed by atoms with Gasteiger partial charge in [-0.15, -0.1) is 0 Å². The molecule has 49 heavy (non-hydrogen) atoms. The first kappa shape index (κ1) is 34.2. The maximum atomic E-state index is 2.42. The van der Waals surface area contributed by atoms with Crippen molar-refractivity contribution < 1.29 is 0 Å². The van der Waals surface area contributed by atoms with Crippen molar-refractivity contribution in [2.45, 2.75) is 85.5 Å². The fraction of sp³-hybridized carbons (Fsp3) is 0.265. The Labute approximate surface area is 295 Å². The lowest BCUT2D eigenvalue weighted by Gasteiger charge is -2.14.